The molecule has 2 aromatic heterocycles. The standard InChI is InChI=1S/C10H9ClS2/c11-7-10-4-3-9(13-10)6-8-2-1-5-12-8/h1-5H,6-7H2. The molecule has 0 bridgehead atoms. The third kappa shape index (κ3) is 2.33. The lowest BCUT2D eigenvalue weighted by Crippen LogP contribution is -1.76. The van der Waals surface area contributed by atoms with E-state index in [1.807, 2.05) is 11.3 Å². The minimum absolute atomic E-state index is 0.634. The van der Waals surface area contributed by atoms with Crippen molar-refractivity contribution in [2.24, 2.45) is 0 Å². The molecule has 2 heterocycles. The molecular formula is C10H9ClS2. The summed E-state index contributed by atoms with van der Waals surface area (Å²) in [4.78, 5) is 4.08. The van der Waals surface area contributed by atoms with Gasteiger partial charge in [0, 0.05) is 21.1 Å². The molecule has 0 fully saturated rings. The highest BCUT2D eigenvalue weighted by atomic mass is 35.5. The zero-order chi connectivity index (χ0) is 9.10. The average Bonchev–Trinajstić information content (AvgIpc) is 2.76. The zero-order valence-electron chi connectivity index (χ0n) is 7.00. The number of thiophene rings is 2. The van der Waals surface area contributed by atoms with E-state index in [9.17, 15) is 0 Å². The van der Waals surface area contributed by atoms with E-state index < -0.39 is 0 Å². The van der Waals surface area contributed by atoms with Gasteiger partial charge in [-0.2, -0.15) is 0 Å². The molecule has 0 saturated carbocycles. The van der Waals surface area contributed by atoms with Crippen LogP contribution in [-0.2, 0) is 12.3 Å². The molecule has 3 heteroatoms. The van der Waals surface area contributed by atoms with Gasteiger partial charge in [0.05, 0.1) is 5.88 Å². The van der Waals surface area contributed by atoms with Crippen LogP contribution in [0.3, 0.4) is 0 Å². The summed E-state index contributed by atoms with van der Waals surface area (Å²) in [5, 5.41) is 2.12. The van der Waals surface area contributed by atoms with E-state index in [1.165, 1.54) is 14.6 Å². The lowest BCUT2D eigenvalue weighted by molar-refractivity contribution is 1.31. The summed E-state index contributed by atoms with van der Waals surface area (Å²) in [6.45, 7) is 0. The van der Waals surface area contributed by atoms with Crippen LogP contribution in [0.1, 0.15) is 14.6 Å². The minimum Gasteiger partial charge on any atom is -0.149 e. The van der Waals surface area contributed by atoms with Gasteiger partial charge in [-0.15, -0.1) is 34.3 Å². The van der Waals surface area contributed by atoms with Crippen molar-refractivity contribution in [2.45, 2.75) is 12.3 Å². The fourth-order valence-corrected chi connectivity index (χ4v) is 3.14. The monoisotopic (exact) mass is 228 g/mol. The second kappa shape index (κ2) is 4.27. The van der Waals surface area contributed by atoms with E-state index in [-0.39, 0.29) is 0 Å². The molecule has 0 aliphatic carbocycles. The van der Waals surface area contributed by atoms with Gasteiger partial charge in [-0.1, -0.05) is 6.07 Å². The largest absolute Gasteiger partial charge is 0.149 e. The molecular weight excluding hydrogens is 220 g/mol. The van der Waals surface area contributed by atoms with Crippen LogP contribution < -0.4 is 0 Å². The molecule has 68 valence electrons. The Morgan fingerprint density at radius 2 is 1.92 bits per heavy atom. The maximum absolute atomic E-state index is 5.74. The summed E-state index contributed by atoms with van der Waals surface area (Å²) in [6.07, 6.45) is 1.05. The van der Waals surface area contributed by atoms with Crippen LogP contribution in [-0.4, -0.2) is 0 Å². The van der Waals surface area contributed by atoms with E-state index in [4.69, 9.17) is 11.6 Å². The van der Waals surface area contributed by atoms with E-state index in [0.717, 1.165) is 6.42 Å². The average molecular weight is 229 g/mol. The van der Waals surface area contributed by atoms with Gasteiger partial charge < -0.3 is 0 Å². The van der Waals surface area contributed by atoms with Crippen LogP contribution in [0.2, 0.25) is 0 Å². The molecule has 0 atom stereocenters. The molecule has 0 aliphatic heterocycles. The molecule has 2 aromatic rings. The Bertz CT molecular complexity index is 362. The molecule has 0 spiro atoms. The Kier molecular flexibility index (Phi) is 3.04. The highest BCUT2D eigenvalue weighted by molar-refractivity contribution is 7.12. The summed E-state index contributed by atoms with van der Waals surface area (Å²) in [5.41, 5.74) is 0. The highest BCUT2D eigenvalue weighted by Crippen LogP contribution is 2.22. The molecule has 0 saturated heterocycles. The molecule has 0 radical (unpaired) electrons. The Labute approximate surface area is 90.8 Å². The molecule has 2 rings (SSSR count). The normalized spacial score (nSPS) is 10.5. The minimum atomic E-state index is 0.634. The first kappa shape index (κ1) is 9.25. The zero-order valence-corrected chi connectivity index (χ0v) is 9.38. The molecule has 13 heavy (non-hydrogen) atoms. The van der Waals surface area contributed by atoms with E-state index in [1.54, 1.807) is 11.3 Å². The Balaban J connectivity index is 2.10. The summed E-state index contributed by atoms with van der Waals surface area (Å²) < 4.78 is 0. The van der Waals surface area contributed by atoms with Gasteiger partial charge in [0.1, 0.15) is 0 Å². The van der Waals surface area contributed by atoms with Crippen LogP contribution >= 0.6 is 34.3 Å². The second-order valence-corrected chi connectivity index (χ2v) is 5.31. The fourth-order valence-electron chi connectivity index (χ4n) is 1.17. The summed E-state index contributed by atoms with van der Waals surface area (Å²) in [7, 11) is 0. The SMILES string of the molecule is ClCc1ccc(Cc2cccs2)s1. The first-order valence-corrected chi connectivity index (χ1v) is 6.27. The third-order valence-electron chi connectivity index (χ3n) is 1.78. The van der Waals surface area contributed by atoms with E-state index in [2.05, 4.69) is 29.6 Å². The van der Waals surface area contributed by atoms with Crippen molar-refractivity contribution in [1.29, 1.82) is 0 Å². The van der Waals surface area contributed by atoms with Gasteiger partial charge in [0.25, 0.3) is 0 Å². The predicted molar refractivity (Wildman–Crippen MR) is 61.0 cm³/mol. The van der Waals surface area contributed by atoms with Gasteiger partial charge in [0.15, 0.2) is 0 Å². The number of alkyl halides is 1. The van der Waals surface area contributed by atoms with Crippen LogP contribution in [0.4, 0.5) is 0 Å². The van der Waals surface area contributed by atoms with Crippen LogP contribution in [0.25, 0.3) is 0 Å². The van der Waals surface area contributed by atoms with Crippen molar-refractivity contribution in [3.63, 3.8) is 0 Å². The first-order valence-electron chi connectivity index (χ1n) is 4.04. The number of hydrogen-bond donors (Lipinski definition) is 0. The predicted octanol–water partition coefficient (Wildman–Crippen LogP) is 4.14. The molecule has 0 nitrogen and oxygen atoms in total. The number of rotatable bonds is 3. The fraction of sp³-hybridized carbons (Fsp3) is 0.200. The molecule has 0 unspecified atom stereocenters. The lowest BCUT2D eigenvalue weighted by atomic mass is 10.3. The van der Waals surface area contributed by atoms with Crippen LogP contribution in [0.5, 0.6) is 0 Å². The van der Waals surface area contributed by atoms with Crippen molar-refractivity contribution in [3.05, 3.63) is 44.3 Å². The first-order chi connectivity index (χ1) is 6.38. The van der Waals surface area contributed by atoms with Crippen LogP contribution in [0, 0.1) is 0 Å². The summed E-state index contributed by atoms with van der Waals surface area (Å²) in [5.74, 6) is 0.634. The van der Waals surface area contributed by atoms with Gasteiger partial charge in [0.2, 0.25) is 0 Å². The van der Waals surface area contributed by atoms with Gasteiger partial charge in [-0.25, -0.2) is 0 Å². The smallest absolute Gasteiger partial charge is 0.0568 e. The summed E-state index contributed by atoms with van der Waals surface area (Å²) >= 11 is 9.35. The highest BCUT2D eigenvalue weighted by Gasteiger charge is 2.00. The summed E-state index contributed by atoms with van der Waals surface area (Å²) in [6, 6.07) is 8.55. The second-order valence-electron chi connectivity index (χ2n) is 2.76. The molecule has 0 amide bonds. The van der Waals surface area contributed by atoms with Gasteiger partial charge in [-0.3, -0.25) is 0 Å². The Morgan fingerprint density at radius 3 is 2.54 bits per heavy atom. The quantitative estimate of drug-likeness (QED) is 0.693. The van der Waals surface area contributed by atoms with E-state index in [0.29, 0.717) is 5.88 Å². The maximum atomic E-state index is 5.74. The maximum Gasteiger partial charge on any atom is 0.0568 e. The molecule has 0 aromatic carbocycles. The lowest BCUT2D eigenvalue weighted by Gasteiger charge is -1.91. The van der Waals surface area contributed by atoms with Crippen molar-refractivity contribution >= 4 is 34.3 Å². The van der Waals surface area contributed by atoms with Crippen molar-refractivity contribution < 1.29 is 0 Å². The third-order valence-corrected chi connectivity index (χ3v) is 4.19. The van der Waals surface area contributed by atoms with Crippen molar-refractivity contribution in [2.75, 3.05) is 0 Å². The number of halogens is 1. The molecule has 0 aliphatic rings. The van der Waals surface area contributed by atoms with E-state index >= 15 is 0 Å². The topological polar surface area (TPSA) is 0 Å². The Morgan fingerprint density at radius 1 is 1.08 bits per heavy atom. The molecule has 0 N–H and O–H groups in total. The number of hydrogen-bond acceptors (Lipinski definition) is 2. The van der Waals surface area contributed by atoms with Gasteiger partial charge >= 0.3 is 0 Å². The Hall–Kier alpha value is -0.310. The van der Waals surface area contributed by atoms with Crippen molar-refractivity contribution in [1.82, 2.24) is 0 Å². The van der Waals surface area contributed by atoms with Gasteiger partial charge in [-0.05, 0) is 23.6 Å². The van der Waals surface area contributed by atoms with Crippen molar-refractivity contribution in [3.8, 4) is 0 Å². The van der Waals surface area contributed by atoms with Crippen LogP contribution in [0.15, 0.2) is 29.6 Å².